The maximum Gasteiger partial charge on any atom is 0.293 e. The van der Waals surface area contributed by atoms with Gasteiger partial charge in [0, 0.05) is 10.0 Å². The molecule has 1 fully saturated rings. The molecular formula is C26H18BrClN2O4S. The number of carbonyl (C=O) groups is 2. The third-order valence-electron chi connectivity index (χ3n) is 5.22. The molecule has 2 amide bonds. The fourth-order valence-corrected chi connectivity index (χ4v) is 4.98. The molecule has 0 aliphatic carbocycles. The number of nitriles is 1. The van der Waals surface area contributed by atoms with E-state index in [1.54, 1.807) is 36.4 Å². The van der Waals surface area contributed by atoms with Crippen molar-refractivity contribution >= 4 is 56.5 Å². The van der Waals surface area contributed by atoms with E-state index in [0.717, 1.165) is 27.4 Å². The lowest BCUT2D eigenvalue weighted by Crippen LogP contribution is -2.27. The van der Waals surface area contributed by atoms with Crippen molar-refractivity contribution in [2.75, 3.05) is 7.11 Å². The fraction of sp³-hybridized carbons (Fsp3) is 0.115. The molecule has 0 atom stereocenters. The van der Waals surface area contributed by atoms with E-state index in [1.807, 2.05) is 30.3 Å². The van der Waals surface area contributed by atoms with E-state index in [9.17, 15) is 14.9 Å². The number of imide groups is 1. The Hall–Kier alpha value is -3.25. The van der Waals surface area contributed by atoms with Crippen LogP contribution in [0.15, 0.2) is 70.0 Å². The Balaban J connectivity index is 1.55. The summed E-state index contributed by atoms with van der Waals surface area (Å²) in [6.45, 7) is 0.303. The topological polar surface area (TPSA) is 79.6 Å². The number of amides is 2. The van der Waals surface area contributed by atoms with Gasteiger partial charge in [0.25, 0.3) is 11.1 Å². The number of hydrogen-bond donors (Lipinski definition) is 0. The zero-order chi connectivity index (χ0) is 24.9. The Labute approximate surface area is 220 Å². The SMILES string of the molecule is COc1cc(/C=C2\SC(=O)N(Cc3ccccc3Br)C2=O)cc(Cl)c1OCc1ccccc1C#N. The summed E-state index contributed by atoms with van der Waals surface area (Å²) in [6.07, 6.45) is 1.61. The van der Waals surface area contributed by atoms with Gasteiger partial charge in [-0.25, -0.2) is 0 Å². The predicted octanol–water partition coefficient (Wildman–Crippen LogP) is 6.80. The van der Waals surface area contributed by atoms with Crippen LogP contribution in [0.1, 0.15) is 22.3 Å². The molecule has 0 spiro atoms. The number of benzene rings is 3. The minimum atomic E-state index is -0.376. The minimum Gasteiger partial charge on any atom is -0.493 e. The molecule has 1 aliphatic heterocycles. The van der Waals surface area contributed by atoms with Crippen molar-refractivity contribution in [3.8, 4) is 17.6 Å². The molecule has 1 heterocycles. The summed E-state index contributed by atoms with van der Waals surface area (Å²) in [5.41, 5.74) is 2.65. The average molecular weight is 570 g/mol. The van der Waals surface area contributed by atoms with Crippen LogP contribution >= 0.6 is 39.3 Å². The van der Waals surface area contributed by atoms with Gasteiger partial charge in [-0.2, -0.15) is 5.26 Å². The van der Waals surface area contributed by atoms with E-state index in [4.69, 9.17) is 21.1 Å². The van der Waals surface area contributed by atoms with E-state index >= 15 is 0 Å². The van der Waals surface area contributed by atoms with Crippen molar-refractivity contribution in [2.45, 2.75) is 13.2 Å². The molecule has 4 rings (SSSR count). The molecule has 0 saturated carbocycles. The number of thioether (sulfide) groups is 1. The molecule has 6 nitrogen and oxygen atoms in total. The van der Waals surface area contributed by atoms with Crippen LogP contribution in [0.4, 0.5) is 4.79 Å². The lowest BCUT2D eigenvalue weighted by Gasteiger charge is -2.14. The Morgan fingerprint density at radius 3 is 2.54 bits per heavy atom. The van der Waals surface area contributed by atoms with Gasteiger partial charge in [-0.3, -0.25) is 14.5 Å². The number of hydrogen-bond acceptors (Lipinski definition) is 6. The van der Waals surface area contributed by atoms with Crippen molar-refractivity contribution in [1.82, 2.24) is 4.90 Å². The molecule has 1 saturated heterocycles. The van der Waals surface area contributed by atoms with Gasteiger partial charge in [0.2, 0.25) is 0 Å². The van der Waals surface area contributed by atoms with Crippen LogP contribution in [0.2, 0.25) is 5.02 Å². The summed E-state index contributed by atoms with van der Waals surface area (Å²) >= 11 is 10.8. The fourth-order valence-electron chi connectivity index (χ4n) is 3.45. The van der Waals surface area contributed by atoms with Gasteiger partial charge in [-0.05, 0) is 53.2 Å². The molecule has 1 aliphatic rings. The van der Waals surface area contributed by atoms with Crippen LogP contribution in [0, 0.1) is 11.3 Å². The maximum atomic E-state index is 12.9. The smallest absolute Gasteiger partial charge is 0.293 e. The molecule has 3 aromatic rings. The van der Waals surface area contributed by atoms with Crippen LogP contribution in [0.3, 0.4) is 0 Å². The molecule has 176 valence electrons. The molecule has 0 unspecified atom stereocenters. The number of nitrogens with zero attached hydrogens (tertiary/aromatic N) is 2. The van der Waals surface area contributed by atoms with E-state index in [0.29, 0.717) is 22.6 Å². The third kappa shape index (κ3) is 5.54. The maximum absolute atomic E-state index is 12.9. The van der Waals surface area contributed by atoms with Crippen LogP contribution in [0.25, 0.3) is 6.08 Å². The van der Waals surface area contributed by atoms with Gasteiger partial charge in [-0.1, -0.05) is 63.9 Å². The molecule has 0 aromatic heterocycles. The van der Waals surface area contributed by atoms with Gasteiger partial charge in [0.05, 0.1) is 35.2 Å². The zero-order valence-electron chi connectivity index (χ0n) is 18.5. The molecule has 9 heteroatoms. The summed E-state index contributed by atoms with van der Waals surface area (Å²) in [5.74, 6) is 0.311. The number of ether oxygens (including phenoxy) is 2. The van der Waals surface area contributed by atoms with E-state index in [2.05, 4.69) is 22.0 Å². The van der Waals surface area contributed by atoms with Crippen molar-refractivity contribution in [2.24, 2.45) is 0 Å². The molecule has 35 heavy (non-hydrogen) atoms. The third-order valence-corrected chi connectivity index (χ3v) is 7.18. The van der Waals surface area contributed by atoms with Gasteiger partial charge < -0.3 is 9.47 Å². The highest BCUT2D eigenvalue weighted by Crippen LogP contribution is 2.40. The molecule has 0 N–H and O–H groups in total. The minimum absolute atomic E-state index is 0.132. The lowest BCUT2D eigenvalue weighted by atomic mass is 10.1. The first-order valence-corrected chi connectivity index (χ1v) is 12.4. The number of methoxy groups -OCH3 is 1. The number of rotatable bonds is 7. The largest absolute Gasteiger partial charge is 0.493 e. The van der Waals surface area contributed by atoms with Crippen LogP contribution in [-0.4, -0.2) is 23.2 Å². The Morgan fingerprint density at radius 2 is 1.83 bits per heavy atom. The van der Waals surface area contributed by atoms with Crippen LogP contribution < -0.4 is 9.47 Å². The van der Waals surface area contributed by atoms with Gasteiger partial charge in [0.1, 0.15) is 6.61 Å². The number of carbonyl (C=O) groups excluding carboxylic acids is 2. The predicted molar refractivity (Wildman–Crippen MR) is 139 cm³/mol. The normalized spacial score (nSPS) is 14.3. The number of halogens is 2. The summed E-state index contributed by atoms with van der Waals surface area (Å²) in [7, 11) is 1.48. The van der Waals surface area contributed by atoms with Gasteiger partial charge in [0.15, 0.2) is 11.5 Å². The Bertz CT molecular complexity index is 1390. The lowest BCUT2D eigenvalue weighted by molar-refractivity contribution is -0.123. The highest BCUT2D eigenvalue weighted by molar-refractivity contribution is 9.10. The van der Waals surface area contributed by atoms with E-state index < -0.39 is 0 Å². The second-order valence-corrected chi connectivity index (χ2v) is 9.71. The molecule has 0 radical (unpaired) electrons. The van der Waals surface area contributed by atoms with E-state index in [1.165, 1.54) is 12.0 Å². The highest BCUT2D eigenvalue weighted by Gasteiger charge is 2.35. The highest BCUT2D eigenvalue weighted by atomic mass is 79.9. The monoisotopic (exact) mass is 568 g/mol. The quantitative estimate of drug-likeness (QED) is 0.291. The summed E-state index contributed by atoms with van der Waals surface area (Å²) in [6, 6.07) is 20.0. The van der Waals surface area contributed by atoms with Gasteiger partial charge >= 0.3 is 0 Å². The van der Waals surface area contributed by atoms with Crippen molar-refractivity contribution < 1.29 is 19.1 Å². The zero-order valence-corrected chi connectivity index (χ0v) is 21.6. The average Bonchev–Trinajstić information content (AvgIpc) is 3.11. The second-order valence-electron chi connectivity index (χ2n) is 7.45. The second kappa shape index (κ2) is 11.0. The van der Waals surface area contributed by atoms with Crippen molar-refractivity contribution in [3.05, 3.63) is 97.3 Å². The van der Waals surface area contributed by atoms with Gasteiger partial charge in [-0.15, -0.1) is 0 Å². The molecule has 0 bridgehead atoms. The van der Waals surface area contributed by atoms with Crippen molar-refractivity contribution in [1.29, 1.82) is 5.26 Å². The van der Waals surface area contributed by atoms with E-state index in [-0.39, 0.29) is 34.2 Å². The first-order chi connectivity index (χ1) is 16.9. The Morgan fingerprint density at radius 1 is 1.11 bits per heavy atom. The molecular weight excluding hydrogens is 552 g/mol. The van der Waals surface area contributed by atoms with Crippen molar-refractivity contribution in [3.63, 3.8) is 0 Å². The standard InChI is InChI=1S/C26H18BrClN2O4S/c1-33-22-11-16(10-21(28)24(22)34-15-19-8-3-2-6-17(19)13-29)12-23-25(31)30(26(32)35-23)14-18-7-4-5-9-20(18)27/h2-12H,14-15H2,1H3/b23-12-. The summed E-state index contributed by atoms with van der Waals surface area (Å²) in [4.78, 5) is 27.0. The van der Waals surface area contributed by atoms with Crippen LogP contribution in [-0.2, 0) is 17.9 Å². The first kappa shape index (κ1) is 24.9. The molecule has 3 aromatic carbocycles. The Kier molecular flexibility index (Phi) is 7.81. The van der Waals surface area contributed by atoms with Crippen LogP contribution in [0.5, 0.6) is 11.5 Å². The first-order valence-electron chi connectivity index (χ1n) is 10.4. The summed E-state index contributed by atoms with van der Waals surface area (Å²) in [5, 5.41) is 9.21. The summed E-state index contributed by atoms with van der Waals surface area (Å²) < 4.78 is 12.2.